The SMILES string of the molecule is Cc1cc(C)cc(N2c3ccc4ccccc4c3C3C=C(c4ccc5c(c4)c4ccccc4n5-c4ccc(-c5nc(-c6ccccc6)c6ccccc6n5)cc4)C=CC32)c1. The van der Waals surface area contributed by atoms with Gasteiger partial charge in [-0.2, -0.15) is 0 Å². The number of aromatic nitrogens is 3. The van der Waals surface area contributed by atoms with Crippen molar-refractivity contribution in [3.63, 3.8) is 0 Å². The fraction of sp³-hybridized carbons (Fsp3) is 0.0714. The van der Waals surface area contributed by atoms with Crippen molar-refractivity contribution in [3.8, 4) is 28.3 Å². The average molecular weight is 769 g/mol. The highest BCUT2D eigenvalue weighted by Gasteiger charge is 2.39. The lowest BCUT2D eigenvalue weighted by atomic mass is 9.84. The van der Waals surface area contributed by atoms with E-state index in [1.165, 1.54) is 71.8 Å². The van der Waals surface area contributed by atoms with Crippen LogP contribution >= 0.6 is 0 Å². The Balaban J connectivity index is 0.944. The van der Waals surface area contributed by atoms with Crippen molar-refractivity contribution in [1.82, 2.24) is 14.5 Å². The van der Waals surface area contributed by atoms with E-state index in [0.717, 1.165) is 39.2 Å². The summed E-state index contributed by atoms with van der Waals surface area (Å²) in [6, 6.07) is 63.7. The van der Waals surface area contributed by atoms with E-state index in [2.05, 4.69) is 205 Å². The zero-order valence-corrected chi connectivity index (χ0v) is 33.4. The maximum absolute atomic E-state index is 5.13. The minimum absolute atomic E-state index is 0.189. The van der Waals surface area contributed by atoms with Gasteiger partial charge in [-0.05, 0) is 119 Å². The van der Waals surface area contributed by atoms with E-state index in [1.54, 1.807) is 0 Å². The van der Waals surface area contributed by atoms with Gasteiger partial charge in [-0.15, -0.1) is 0 Å². The molecule has 0 bridgehead atoms. The van der Waals surface area contributed by atoms with Gasteiger partial charge in [0, 0.05) is 50.3 Å². The molecule has 2 atom stereocenters. The van der Waals surface area contributed by atoms with E-state index in [1.807, 2.05) is 12.1 Å². The summed E-state index contributed by atoms with van der Waals surface area (Å²) in [5, 5.41) is 6.14. The van der Waals surface area contributed by atoms with Gasteiger partial charge < -0.3 is 9.47 Å². The fourth-order valence-corrected chi connectivity index (χ4v) is 9.98. The number of aryl methyl sites for hydroxylation is 2. The fourth-order valence-electron chi connectivity index (χ4n) is 9.98. The van der Waals surface area contributed by atoms with Crippen LogP contribution in [0.5, 0.6) is 0 Å². The zero-order valence-electron chi connectivity index (χ0n) is 33.4. The van der Waals surface area contributed by atoms with Gasteiger partial charge in [0.25, 0.3) is 0 Å². The topological polar surface area (TPSA) is 34.0 Å². The highest BCUT2D eigenvalue weighted by Crippen LogP contribution is 2.52. The van der Waals surface area contributed by atoms with Crippen molar-refractivity contribution in [2.75, 3.05) is 4.90 Å². The van der Waals surface area contributed by atoms with Crippen LogP contribution < -0.4 is 4.90 Å². The molecule has 0 radical (unpaired) electrons. The van der Waals surface area contributed by atoms with E-state index in [-0.39, 0.29) is 12.0 Å². The van der Waals surface area contributed by atoms with Gasteiger partial charge in [-0.1, -0.05) is 127 Å². The summed E-state index contributed by atoms with van der Waals surface area (Å²) < 4.78 is 2.39. The van der Waals surface area contributed by atoms with E-state index in [4.69, 9.17) is 9.97 Å². The molecule has 0 N–H and O–H groups in total. The summed E-state index contributed by atoms with van der Waals surface area (Å²) in [5.74, 6) is 0.926. The van der Waals surface area contributed by atoms with Crippen molar-refractivity contribution in [2.24, 2.45) is 0 Å². The van der Waals surface area contributed by atoms with E-state index >= 15 is 0 Å². The molecule has 0 fully saturated rings. The van der Waals surface area contributed by atoms with Crippen molar-refractivity contribution in [1.29, 1.82) is 0 Å². The quantitative estimate of drug-likeness (QED) is 0.175. The molecule has 60 heavy (non-hydrogen) atoms. The largest absolute Gasteiger partial charge is 0.333 e. The Morgan fingerprint density at radius 3 is 2.03 bits per heavy atom. The molecule has 0 saturated carbocycles. The minimum atomic E-state index is 0.189. The lowest BCUT2D eigenvalue weighted by Crippen LogP contribution is -2.29. The predicted molar refractivity (Wildman–Crippen MR) is 250 cm³/mol. The molecule has 0 amide bonds. The van der Waals surface area contributed by atoms with Crippen molar-refractivity contribution in [2.45, 2.75) is 25.8 Å². The molecule has 1 aliphatic carbocycles. The standard InChI is InChI=1S/C56H40N4/c1-35-30-36(2)32-43(31-35)60-52-28-24-41(34-48(52)54-44-15-7-6-12-37(44)22-29-53(54)60)40-23-27-51-47(33-40)45-16-9-11-19-50(45)59(51)42-25-20-39(21-26-42)56-57-49-18-10-8-17-46(49)55(58-56)38-13-4-3-5-14-38/h3-34,48,52H,1-2H3. The predicted octanol–water partition coefficient (Wildman–Crippen LogP) is 14.1. The highest BCUT2D eigenvalue weighted by molar-refractivity contribution is 6.10. The molecule has 284 valence electrons. The third-order valence-electron chi connectivity index (χ3n) is 12.6. The first-order valence-corrected chi connectivity index (χ1v) is 20.8. The summed E-state index contributed by atoms with van der Waals surface area (Å²) in [6.07, 6.45) is 7.31. The first-order chi connectivity index (χ1) is 29.6. The van der Waals surface area contributed by atoms with E-state index in [0.29, 0.717) is 0 Å². The Morgan fingerprint density at radius 2 is 1.20 bits per heavy atom. The van der Waals surface area contributed by atoms with E-state index < -0.39 is 0 Å². The molecule has 3 heterocycles. The summed E-state index contributed by atoms with van der Waals surface area (Å²) in [7, 11) is 0. The van der Waals surface area contributed by atoms with Crippen molar-refractivity contribution in [3.05, 3.63) is 216 Å². The van der Waals surface area contributed by atoms with Gasteiger partial charge in [0.15, 0.2) is 5.82 Å². The first-order valence-electron chi connectivity index (χ1n) is 20.8. The van der Waals surface area contributed by atoms with Crippen LogP contribution in [0, 0.1) is 13.8 Å². The number of hydrogen-bond donors (Lipinski definition) is 0. The number of benzene rings is 8. The molecule has 4 nitrogen and oxygen atoms in total. The lowest BCUT2D eigenvalue weighted by molar-refractivity contribution is 0.749. The average Bonchev–Trinajstić information content (AvgIpc) is 3.81. The van der Waals surface area contributed by atoms with Crippen LogP contribution in [0.15, 0.2) is 194 Å². The second kappa shape index (κ2) is 13.5. The number of anilines is 2. The minimum Gasteiger partial charge on any atom is -0.333 e. The van der Waals surface area contributed by atoms with Crippen LogP contribution in [0.2, 0.25) is 0 Å². The van der Waals surface area contributed by atoms with Crippen LogP contribution in [-0.2, 0) is 0 Å². The zero-order chi connectivity index (χ0) is 39.9. The molecule has 10 aromatic rings. The summed E-state index contributed by atoms with van der Waals surface area (Å²) >= 11 is 0. The lowest BCUT2D eigenvalue weighted by Gasteiger charge is -2.30. The molecular formula is C56H40N4. The maximum atomic E-state index is 5.13. The molecule has 8 aromatic carbocycles. The Kier molecular flexibility index (Phi) is 7.76. The monoisotopic (exact) mass is 768 g/mol. The third kappa shape index (κ3) is 5.45. The maximum Gasteiger partial charge on any atom is 0.160 e. The number of allylic oxidation sites excluding steroid dienone is 2. The molecule has 2 aromatic heterocycles. The summed E-state index contributed by atoms with van der Waals surface area (Å²) in [5.41, 5.74) is 16.4. The molecular weight excluding hydrogens is 729 g/mol. The van der Waals surface area contributed by atoms with Crippen LogP contribution in [0.4, 0.5) is 11.4 Å². The number of fused-ring (bicyclic) bond motifs is 9. The number of rotatable bonds is 5. The van der Waals surface area contributed by atoms with Crippen LogP contribution in [0.25, 0.3) is 77.4 Å². The Hall–Kier alpha value is -7.56. The number of hydrogen-bond acceptors (Lipinski definition) is 3. The molecule has 2 aliphatic rings. The summed E-state index contributed by atoms with van der Waals surface area (Å²) in [4.78, 5) is 12.7. The second-order valence-corrected chi connectivity index (χ2v) is 16.3. The van der Waals surface area contributed by atoms with Crippen molar-refractivity contribution < 1.29 is 0 Å². The van der Waals surface area contributed by atoms with Gasteiger partial charge in [0.2, 0.25) is 0 Å². The van der Waals surface area contributed by atoms with Crippen LogP contribution in [-0.4, -0.2) is 20.6 Å². The molecule has 12 rings (SSSR count). The second-order valence-electron chi connectivity index (χ2n) is 16.3. The van der Waals surface area contributed by atoms with E-state index in [9.17, 15) is 0 Å². The Morgan fingerprint density at radius 1 is 0.500 bits per heavy atom. The molecule has 1 aliphatic heterocycles. The molecule has 0 saturated heterocycles. The summed E-state index contributed by atoms with van der Waals surface area (Å²) in [6.45, 7) is 4.40. The molecule has 4 heteroatoms. The Bertz CT molecular complexity index is 3390. The van der Waals surface area contributed by atoms with Gasteiger partial charge in [-0.3, -0.25) is 0 Å². The smallest absolute Gasteiger partial charge is 0.160 e. The van der Waals surface area contributed by atoms with Gasteiger partial charge in [-0.25, -0.2) is 9.97 Å². The first kappa shape index (κ1) is 34.5. The van der Waals surface area contributed by atoms with Crippen molar-refractivity contribution >= 4 is 60.4 Å². The number of nitrogens with zero attached hydrogens (tertiary/aromatic N) is 4. The van der Waals surface area contributed by atoms with Gasteiger partial charge in [0.1, 0.15) is 0 Å². The van der Waals surface area contributed by atoms with Gasteiger partial charge in [0.05, 0.1) is 28.3 Å². The third-order valence-corrected chi connectivity index (χ3v) is 12.6. The van der Waals surface area contributed by atoms with Crippen LogP contribution in [0.3, 0.4) is 0 Å². The molecule has 2 unspecified atom stereocenters. The van der Waals surface area contributed by atoms with Crippen LogP contribution in [0.1, 0.15) is 28.2 Å². The Labute approximate surface area is 349 Å². The molecule has 0 spiro atoms. The normalized spacial score (nSPS) is 15.8. The van der Waals surface area contributed by atoms with Gasteiger partial charge >= 0.3 is 0 Å². The number of para-hydroxylation sites is 2. The highest BCUT2D eigenvalue weighted by atomic mass is 15.2.